The van der Waals surface area contributed by atoms with Gasteiger partial charge in [-0.3, -0.25) is 0 Å². The second-order valence-corrected chi connectivity index (χ2v) is 3.67. The Bertz CT molecular complexity index is 346. The number of nitrogens with zero attached hydrogens (tertiary/aromatic N) is 3. The van der Waals surface area contributed by atoms with Crippen LogP contribution in [0.5, 0.6) is 0 Å². The zero-order valence-corrected chi connectivity index (χ0v) is 10.4. The first-order chi connectivity index (χ1) is 7.33. The van der Waals surface area contributed by atoms with Crippen molar-refractivity contribution in [1.29, 1.82) is 5.26 Å². The lowest BCUT2D eigenvalue weighted by atomic mass is 10.2. The lowest BCUT2D eigenvalue weighted by Gasteiger charge is -2.22. The van der Waals surface area contributed by atoms with Crippen LogP contribution >= 0.6 is 15.9 Å². The molecule has 1 aromatic rings. The van der Waals surface area contributed by atoms with Gasteiger partial charge < -0.3 is 4.90 Å². The Morgan fingerprint density at radius 2 is 2.40 bits per heavy atom. The molecule has 0 aliphatic rings. The zero-order chi connectivity index (χ0) is 11.1. The van der Waals surface area contributed by atoms with Crippen molar-refractivity contribution in [2.24, 2.45) is 0 Å². The molecule has 0 aliphatic carbocycles. The molecule has 80 valence electrons. The molecule has 0 aromatic carbocycles. The predicted octanol–water partition coefficient (Wildman–Crippen LogP) is 2.72. The van der Waals surface area contributed by atoms with Gasteiger partial charge in [-0.25, -0.2) is 4.98 Å². The first-order valence-electron chi connectivity index (χ1n) is 4.95. The van der Waals surface area contributed by atoms with Crippen molar-refractivity contribution in [3.05, 3.63) is 23.9 Å². The second-order valence-electron chi connectivity index (χ2n) is 3.11. The van der Waals surface area contributed by atoms with Crippen LogP contribution in [0, 0.1) is 11.3 Å². The fourth-order valence-corrected chi connectivity index (χ4v) is 1.86. The molecule has 0 radical (unpaired) electrons. The summed E-state index contributed by atoms with van der Waals surface area (Å²) in [5.74, 6) is 0.979. The van der Waals surface area contributed by atoms with E-state index in [1.165, 1.54) is 0 Å². The second kappa shape index (κ2) is 6.41. The summed E-state index contributed by atoms with van der Waals surface area (Å²) in [4.78, 5) is 6.48. The largest absolute Gasteiger partial charge is 0.356 e. The number of rotatable bonds is 5. The van der Waals surface area contributed by atoms with E-state index in [1.54, 1.807) is 6.20 Å². The molecule has 0 amide bonds. The minimum Gasteiger partial charge on any atom is -0.356 e. The van der Waals surface area contributed by atoms with E-state index in [4.69, 9.17) is 5.26 Å². The van der Waals surface area contributed by atoms with Crippen LogP contribution in [0.3, 0.4) is 0 Å². The van der Waals surface area contributed by atoms with Crippen LogP contribution in [0.1, 0.15) is 18.9 Å². The Balaban J connectivity index is 2.86. The van der Waals surface area contributed by atoms with Gasteiger partial charge in [-0.05, 0) is 13.0 Å². The maximum atomic E-state index is 8.58. The molecule has 4 heteroatoms. The lowest BCUT2D eigenvalue weighted by molar-refractivity contribution is 0.806. The number of halogens is 1. The monoisotopic (exact) mass is 267 g/mol. The summed E-state index contributed by atoms with van der Waals surface area (Å²) in [5, 5.41) is 9.37. The van der Waals surface area contributed by atoms with Crippen molar-refractivity contribution < 1.29 is 0 Å². The van der Waals surface area contributed by atoms with Crippen molar-refractivity contribution >= 4 is 21.7 Å². The van der Waals surface area contributed by atoms with E-state index in [0.29, 0.717) is 6.42 Å². The summed E-state index contributed by atoms with van der Waals surface area (Å²) < 4.78 is 0. The number of alkyl halides is 1. The van der Waals surface area contributed by atoms with Crippen LogP contribution in [0.15, 0.2) is 18.3 Å². The van der Waals surface area contributed by atoms with Gasteiger partial charge in [0.05, 0.1) is 12.5 Å². The van der Waals surface area contributed by atoms with Gasteiger partial charge in [-0.15, -0.1) is 0 Å². The van der Waals surface area contributed by atoms with Crippen molar-refractivity contribution in [2.45, 2.75) is 18.7 Å². The van der Waals surface area contributed by atoms with Gasteiger partial charge in [0.2, 0.25) is 0 Å². The van der Waals surface area contributed by atoms with Gasteiger partial charge in [0.25, 0.3) is 0 Å². The summed E-state index contributed by atoms with van der Waals surface area (Å²) >= 11 is 3.44. The Morgan fingerprint density at radius 1 is 1.60 bits per heavy atom. The normalized spacial score (nSPS) is 9.67. The predicted molar refractivity (Wildman–Crippen MR) is 65.0 cm³/mol. The molecule has 3 nitrogen and oxygen atoms in total. The summed E-state index contributed by atoms with van der Waals surface area (Å²) in [7, 11) is 0. The van der Waals surface area contributed by atoms with E-state index < -0.39 is 0 Å². The number of pyridine rings is 1. The molecular formula is C11H14BrN3. The molecule has 0 aliphatic heterocycles. The standard InChI is InChI=1S/C11H14BrN3/c1-2-15(8-4-6-13)11-10(9-12)5-3-7-14-11/h3,5,7H,2,4,8-9H2,1H3. The number of anilines is 1. The topological polar surface area (TPSA) is 39.9 Å². The van der Waals surface area contributed by atoms with E-state index in [-0.39, 0.29) is 0 Å². The molecule has 0 unspecified atom stereocenters. The van der Waals surface area contributed by atoms with Gasteiger partial charge in [0.15, 0.2) is 0 Å². The van der Waals surface area contributed by atoms with Gasteiger partial charge in [-0.1, -0.05) is 22.0 Å². The molecular weight excluding hydrogens is 254 g/mol. The minimum atomic E-state index is 0.534. The molecule has 0 bridgehead atoms. The molecule has 0 N–H and O–H groups in total. The number of aromatic nitrogens is 1. The fraction of sp³-hybridized carbons (Fsp3) is 0.455. The van der Waals surface area contributed by atoms with E-state index in [1.807, 2.05) is 12.1 Å². The summed E-state index contributed by atoms with van der Waals surface area (Å²) in [5.41, 5.74) is 1.16. The Kier molecular flexibility index (Phi) is 5.13. The number of hydrogen-bond acceptors (Lipinski definition) is 3. The third-order valence-electron chi connectivity index (χ3n) is 2.19. The van der Waals surface area contributed by atoms with Crippen LogP contribution in [0.4, 0.5) is 5.82 Å². The third-order valence-corrected chi connectivity index (χ3v) is 2.79. The SMILES string of the molecule is CCN(CCC#N)c1ncccc1CBr. The number of hydrogen-bond donors (Lipinski definition) is 0. The van der Waals surface area contributed by atoms with Crippen LogP contribution in [0.2, 0.25) is 0 Å². The van der Waals surface area contributed by atoms with E-state index >= 15 is 0 Å². The zero-order valence-electron chi connectivity index (χ0n) is 8.78. The molecule has 0 spiro atoms. The van der Waals surface area contributed by atoms with Gasteiger partial charge >= 0.3 is 0 Å². The molecule has 1 rings (SSSR count). The summed E-state index contributed by atoms with van der Waals surface area (Å²) in [6, 6.07) is 6.14. The van der Waals surface area contributed by atoms with Gasteiger partial charge in [0, 0.05) is 30.2 Å². The van der Waals surface area contributed by atoms with E-state index in [0.717, 1.165) is 29.8 Å². The molecule has 0 saturated carbocycles. The average molecular weight is 268 g/mol. The average Bonchev–Trinajstić information content (AvgIpc) is 2.30. The maximum absolute atomic E-state index is 8.58. The molecule has 0 fully saturated rings. The van der Waals surface area contributed by atoms with E-state index in [9.17, 15) is 0 Å². The molecule has 1 heterocycles. The van der Waals surface area contributed by atoms with Crippen LogP contribution in [0.25, 0.3) is 0 Å². The van der Waals surface area contributed by atoms with Crippen molar-refractivity contribution in [2.75, 3.05) is 18.0 Å². The maximum Gasteiger partial charge on any atom is 0.132 e. The minimum absolute atomic E-state index is 0.534. The molecule has 15 heavy (non-hydrogen) atoms. The Labute approximate surface area is 98.9 Å². The van der Waals surface area contributed by atoms with Crippen molar-refractivity contribution in [1.82, 2.24) is 4.98 Å². The molecule has 0 atom stereocenters. The van der Waals surface area contributed by atoms with Gasteiger partial charge in [-0.2, -0.15) is 5.26 Å². The molecule has 0 saturated heterocycles. The number of nitriles is 1. The fourth-order valence-electron chi connectivity index (χ4n) is 1.42. The first-order valence-corrected chi connectivity index (χ1v) is 6.07. The highest BCUT2D eigenvalue weighted by Gasteiger charge is 2.09. The van der Waals surface area contributed by atoms with E-state index in [2.05, 4.69) is 38.8 Å². The first kappa shape index (κ1) is 12.0. The molecule has 1 aromatic heterocycles. The van der Waals surface area contributed by atoms with Gasteiger partial charge in [0.1, 0.15) is 5.82 Å². The highest BCUT2D eigenvalue weighted by Crippen LogP contribution is 2.19. The smallest absolute Gasteiger partial charge is 0.132 e. The Hall–Kier alpha value is -1.08. The van der Waals surface area contributed by atoms with Crippen molar-refractivity contribution in [3.8, 4) is 6.07 Å². The third kappa shape index (κ3) is 3.21. The quantitative estimate of drug-likeness (QED) is 0.771. The van der Waals surface area contributed by atoms with Crippen LogP contribution in [-0.2, 0) is 5.33 Å². The summed E-state index contributed by atoms with van der Waals surface area (Å²) in [6.07, 6.45) is 2.32. The lowest BCUT2D eigenvalue weighted by Crippen LogP contribution is -2.25. The Morgan fingerprint density at radius 3 is 3.00 bits per heavy atom. The highest BCUT2D eigenvalue weighted by molar-refractivity contribution is 9.08. The highest BCUT2D eigenvalue weighted by atomic mass is 79.9. The van der Waals surface area contributed by atoms with Crippen LogP contribution < -0.4 is 4.90 Å². The summed E-state index contributed by atoms with van der Waals surface area (Å²) in [6.45, 7) is 3.69. The van der Waals surface area contributed by atoms with Crippen LogP contribution in [-0.4, -0.2) is 18.1 Å². The van der Waals surface area contributed by atoms with Crippen molar-refractivity contribution in [3.63, 3.8) is 0 Å².